The van der Waals surface area contributed by atoms with Crippen LogP contribution in [0.2, 0.25) is 0 Å². The van der Waals surface area contributed by atoms with E-state index in [9.17, 15) is 4.79 Å². The molecule has 1 N–H and O–H groups in total. The first-order chi connectivity index (χ1) is 18.7. The molecule has 5 heteroatoms. The molecule has 0 aliphatic carbocycles. The zero-order valence-corrected chi connectivity index (χ0v) is 24.1. The number of hydrogen-bond acceptors (Lipinski definition) is 4. The van der Waals surface area contributed by atoms with Gasteiger partial charge in [0.05, 0.1) is 13.2 Å². The topological polar surface area (TPSA) is 56.8 Å². The number of amides is 1. The molecule has 206 valence electrons. The minimum absolute atomic E-state index is 0.0745. The number of aryl methyl sites for hydroxylation is 2. The summed E-state index contributed by atoms with van der Waals surface area (Å²) >= 11 is 0. The lowest BCUT2D eigenvalue weighted by molar-refractivity contribution is -0.116. The number of allylic oxidation sites excluding steroid dienone is 1. The van der Waals surface area contributed by atoms with Crippen LogP contribution < -0.4 is 14.8 Å². The molecule has 39 heavy (non-hydrogen) atoms. The van der Waals surface area contributed by atoms with Crippen LogP contribution in [0, 0.1) is 26.2 Å². The molecule has 1 aliphatic rings. The van der Waals surface area contributed by atoms with Gasteiger partial charge in [-0.25, -0.2) is 0 Å². The molecular formula is C34H41NO4. The van der Waals surface area contributed by atoms with E-state index in [-0.39, 0.29) is 11.3 Å². The molecule has 0 saturated carbocycles. The van der Waals surface area contributed by atoms with Gasteiger partial charge in [0, 0.05) is 25.1 Å². The monoisotopic (exact) mass is 527 g/mol. The molecule has 0 radical (unpaired) electrons. The summed E-state index contributed by atoms with van der Waals surface area (Å²) in [7, 11) is 1.63. The summed E-state index contributed by atoms with van der Waals surface area (Å²) < 4.78 is 18.1. The van der Waals surface area contributed by atoms with Crippen molar-refractivity contribution in [1.82, 2.24) is 5.32 Å². The average Bonchev–Trinajstić information content (AvgIpc) is 2.92. The fourth-order valence-corrected chi connectivity index (χ4v) is 5.23. The third kappa shape index (κ3) is 7.10. The van der Waals surface area contributed by atoms with Crippen molar-refractivity contribution in [1.29, 1.82) is 0 Å². The van der Waals surface area contributed by atoms with E-state index in [1.165, 1.54) is 27.8 Å². The van der Waals surface area contributed by atoms with Crippen molar-refractivity contribution in [3.8, 4) is 22.6 Å². The quantitative estimate of drug-likeness (QED) is 0.299. The largest absolute Gasteiger partial charge is 0.493 e. The van der Waals surface area contributed by atoms with Crippen molar-refractivity contribution >= 4 is 11.5 Å². The lowest BCUT2D eigenvalue weighted by Crippen LogP contribution is -2.34. The van der Waals surface area contributed by atoms with Gasteiger partial charge in [0.15, 0.2) is 0 Å². The van der Waals surface area contributed by atoms with Gasteiger partial charge in [0.25, 0.3) is 0 Å². The maximum absolute atomic E-state index is 11.6. The second kappa shape index (κ2) is 12.5. The predicted molar refractivity (Wildman–Crippen MR) is 158 cm³/mol. The third-order valence-corrected chi connectivity index (χ3v) is 7.63. The third-order valence-electron chi connectivity index (χ3n) is 7.63. The number of likely N-dealkylation sites (N-methyl/N-ethyl adjacent to an activating group) is 1. The number of benzene rings is 3. The van der Waals surface area contributed by atoms with Crippen molar-refractivity contribution in [2.45, 2.75) is 54.1 Å². The molecule has 0 bridgehead atoms. The van der Waals surface area contributed by atoms with E-state index in [1.54, 1.807) is 13.1 Å². The lowest BCUT2D eigenvalue weighted by Gasteiger charge is -2.33. The summed E-state index contributed by atoms with van der Waals surface area (Å²) in [6, 6.07) is 18.6. The van der Waals surface area contributed by atoms with Gasteiger partial charge in [-0.15, -0.1) is 0 Å². The van der Waals surface area contributed by atoms with Gasteiger partial charge in [-0.1, -0.05) is 37.3 Å². The highest BCUT2D eigenvalue weighted by molar-refractivity contribution is 5.94. The normalized spacial score (nSPS) is 17.5. The summed E-state index contributed by atoms with van der Waals surface area (Å²) in [5.41, 5.74) is 9.20. The summed E-state index contributed by atoms with van der Waals surface area (Å²) in [4.78, 5) is 11.6. The highest BCUT2D eigenvalue weighted by Crippen LogP contribution is 2.36. The second-order valence-corrected chi connectivity index (χ2v) is 11.0. The van der Waals surface area contributed by atoms with Crippen LogP contribution in [0.3, 0.4) is 0 Å². The van der Waals surface area contributed by atoms with Gasteiger partial charge in [0.2, 0.25) is 5.91 Å². The summed E-state index contributed by atoms with van der Waals surface area (Å²) in [6.07, 6.45) is 3.83. The van der Waals surface area contributed by atoms with E-state index in [0.717, 1.165) is 54.3 Å². The molecule has 1 amide bonds. The van der Waals surface area contributed by atoms with Gasteiger partial charge < -0.3 is 19.5 Å². The molecule has 1 unspecified atom stereocenters. The van der Waals surface area contributed by atoms with Gasteiger partial charge in [-0.05, 0) is 109 Å². The maximum atomic E-state index is 11.6. The molecule has 1 fully saturated rings. The Kier molecular flexibility index (Phi) is 9.13. The van der Waals surface area contributed by atoms with E-state index in [0.29, 0.717) is 13.2 Å². The lowest BCUT2D eigenvalue weighted by atomic mass is 9.86. The zero-order valence-electron chi connectivity index (χ0n) is 24.1. The van der Waals surface area contributed by atoms with Crippen LogP contribution in [-0.2, 0) is 16.1 Å². The fourth-order valence-electron chi connectivity index (χ4n) is 5.23. The summed E-state index contributed by atoms with van der Waals surface area (Å²) in [5, 5.41) is 2.62. The van der Waals surface area contributed by atoms with Crippen molar-refractivity contribution < 1.29 is 19.0 Å². The number of rotatable bonds is 9. The standard InChI is InChI=1S/C34H41NO4/c1-23(19-32(36)35-6)27-11-13-29(14-12-27)38-20-28-9-7-10-31(26(28)4)33-24(2)17-30(18-25(33)3)39-22-34(5)15-8-16-37-21-34/h7,9-14,17-19H,8,15-16,20-22H2,1-6H3,(H,35,36)/b23-19+. The molecule has 4 rings (SSSR count). The van der Waals surface area contributed by atoms with Crippen molar-refractivity contribution in [2.75, 3.05) is 26.9 Å². The minimum atomic E-state index is -0.111. The van der Waals surface area contributed by atoms with Crippen molar-refractivity contribution in [3.63, 3.8) is 0 Å². The molecule has 1 aliphatic heterocycles. The molecule has 1 heterocycles. The predicted octanol–water partition coefficient (Wildman–Crippen LogP) is 7.20. The highest BCUT2D eigenvalue weighted by Gasteiger charge is 2.28. The van der Waals surface area contributed by atoms with E-state index in [1.807, 2.05) is 31.2 Å². The SMILES string of the molecule is CNC(=O)/C=C(\C)c1ccc(OCc2cccc(-c3c(C)cc(OCC4(C)CCCOC4)cc3C)c2C)cc1. The van der Waals surface area contributed by atoms with Crippen molar-refractivity contribution in [2.24, 2.45) is 5.41 Å². The molecule has 3 aromatic carbocycles. The number of carbonyl (C=O) groups is 1. The Morgan fingerprint density at radius 3 is 2.38 bits per heavy atom. The molecule has 5 nitrogen and oxygen atoms in total. The van der Waals surface area contributed by atoms with E-state index >= 15 is 0 Å². The van der Waals surface area contributed by atoms with Crippen LogP contribution in [0.15, 0.2) is 60.7 Å². The number of ether oxygens (including phenoxy) is 3. The maximum Gasteiger partial charge on any atom is 0.244 e. The first-order valence-electron chi connectivity index (χ1n) is 13.7. The first kappa shape index (κ1) is 28.4. The van der Waals surface area contributed by atoms with Crippen LogP contribution in [0.4, 0.5) is 0 Å². The zero-order chi connectivity index (χ0) is 28.0. The Bertz CT molecular complexity index is 1310. The Balaban J connectivity index is 1.46. The number of nitrogens with one attached hydrogen (secondary N) is 1. The Morgan fingerprint density at radius 1 is 1.03 bits per heavy atom. The van der Waals surface area contributed by atoms with Gasteiger partial charge in [-0.3, -0.25) is 4.79 Å². The smallest absolute Gasteiger partial charge is 0.244 e. The molecular weight excluding hydrogens is 486 g/mol. The van der Waals surface area contributed by atoms with E-state index < -0.39 is 0 Å². The van der Waals surface area contributed by atoms with Crippen molar-refractivity contribution in [3.05, 3.63) is 88.5 Å². The Hall–Kier alpha value is -3.57. The van der Waals surface area contributed by atoms with Crippen LogP contribution in [-0.4, -0.2) is 32.8 Å². The first-order valence-corrected chi connectivity index (χ1v) is 13.7. The summed E-state index contributed by atoms with van der Waals surface area (Å²) in [5.74, 6) is 1.60. The highest BCUT2D eigenvalue weighted by atomic mass is 16.5. The van der Waals surface area contributed by atoms with Gasteiger partial charge in [0.1, 0.15) is 18.1 Å². The van der Waals surface area contributed by atoms with E-state index in [4.69, 9.17) is 14.2 Å². The van der Waals surface area contributed by atoms with Crippen LogP contribution in [0.25, 0.3) is 16.7 Å². The fraction of sp³-hybridized carbons (Fsp3) is 0.382. The Labute approximate surface area is 233 Å². The van der Waals surface area contributed by atoms with Gasteiger partial charge in [-0.2, -0.15) is 0 Å². The van der Waals surface area contributed by atoms with Crippen LogP contribution in [0.1, 0.15) is 54.5 Å². The number of hydrogen-bond donors (Lipinski definition) is 1. The second-order valence-electron chi connectivity index (χ2n) is 11.0. The summed E-state index contributed by atoms with van der Waals surface area (Å²) in [6.45, 7) is 13.4. The van der Waals surface area contributed by atoms with Gasteiger partial charge >= 0.3 is 0 Å². The molecule has 1 atom stereocenters. The molecule has 1 saturated heterocycles. The minimum Gasteiger partial charge on any atom is -0.493 e. The number of carbonyl (C=O) groups excluding carboxylic acids is 1. The average molecular weight is 528 g/mol. The Morgan fingerprint density at radius 2 is 1.74 bits per heavy atom. The van der Waals surface area contributed by atoms with Crippen LogP contribution in [0.5, 0.6) is 11.5 Å². The van der Waals surface area contributed by atoms with Crippen LogP contribution >= 0.6 is 0 Å². The molecule has 0 aromatic heterocycles. The molecule has 0 spiro atoms. The molecule has 3 aromatic rings. The van der Waals surface area contributed by atoms with E-state index in [2.05, 4.69) is 63.3 Å².